The van der Waals surface area contributed by atoms with Crippen LogP contribution in [0.15, 0.2) is 23.8 Å². The van der Waals surface area contributed by atoms with Crippen LogP contribution in [-0.2, 0) is 9.59 Å². The lowest BCUT2D eigenvalue weighted by atomic mass is 9.78. The van der Waals surface area contributed by atoms with Gasteiger partial charge in [-0.05, 0) is 25.8 Å². The predicted octanol–water partition coefficient (Wildman–Crippen LogP) is 2.95. The van der Waals surface area contributed by atoms with Crippen LogP contribution in [-0.4, -0.2) is 34.5 Å². The minimum absolute atomic E-state index is 0.351. The Bertz CT molecular complexity index is 491. The number of carboxylic acids is 2. The minimum Gasteiger partial charge on any atom is -0.481 e. The van der Waals surface area contributed by atoms with Crippen LogP contribution in [0.2, 0.25) is 0 Å². The van der Waals surface area contributed by atoms with Gasteiger partial charge >= 0.3 is 18.1 Å². The Labute approximate surface area is 117 Å². The molecule has 2 N–H and O–H groups in total. The third-order valence-corrected chi connectivity index (χ3v) is 3.27. The normalized spacial score (nSPS) is 28.2. The van der Waals surface area contributed by atoms with Crippen LogP contribution in [0.25, 0.3) is 0 Å². The zero-order valence-corrected chi connectivity index (χ0v) is 11.0. The van der Waals surface area contributed by atoms with Crippen LogP contribution in [0.5, 0.6) is 0 Å². The second-order valence-electron chi connectivity index (χ2n) is 5.05. The van der Waals surface area contributed by atoms with E-state index in [9.17, 15) is 27.2 Å². The molecular formula is C13H14F4O4. The molecule has 0 aromatic heterocycles. The highest BCUT2D eigenvalue weighted by atomic mass is 19.4. The average Bonchev–Trinajstić information content (AvgIpc) is 3.16. The molecule has 0 heterocycles. The highest BCUT2D eigenvalue weighted by Gasteiger charge is 2.47. The number of rotatable bonds is 2. The quantitative estimate of drug-likeness (QED) is 0.769. The van der Waals surface area contributed by atoms with E-state index in [1.165, 1.54) is 6.08 Å². The highest BCUT2D eigenvalue weighted by Crippen LogP contribution is 2.43. The van der Waals surface area contributed by atoms with Gasteiger partial charge in [0, 0.05) is 0 Å². The first-order valence-electron chi connectivity index (χ1n) is 6.07. The molecule has 0 bridgehead atoms. The molecular weight excluding hydrogens is 296 g/mol. The summed E-state index contributed by atoms with van der Waals surface area (Å²) in [6.07, 6.45) is -1.76. The highest BCUT2D eigenvalue weighted by molar-refractivity contribution is 5.91. The Balaban J connectivity index is 0.000000262. The Morgan fingerprint density at radius 3 is 2.10 bits per heavy atom. The van der Waals surface area contributed by atoms with E-state index in [4.69, 9.17) is 10.2 Å². The number of hydrogen-bond acceptors (Lipinski definition) is 2. The number of alkyl halides is 4. The summed E-state index contributed by atoms with van der Waals surface area (Å²) >= 11 is 0. The van der Waals surface area contributed by atoms with Gasteiger partial charge < -0.3 is 10.2 Å². The summed E-state index contributed by atoms with van der Waals surface area (Å²) in [6.45, 7) is 1.15. The van der Waals surface area contributed by atoms with E-state index in [1.54, 1.807) is 0 Å². The molecule has 0 aromatic rings. The van der Waals surface area contributed by atoms with Crippen molar-refractivity contribution in [3.05, 3.63) is 23.8 Å². The SMILES string of the molecule is CC1(C(=O)O)C=CC=C(C(=O)O)C1F.FC(F)(F)C1CC1. The second-order valence-corrected chi connectivity index (χ2v) is 5.05. The van der Waals surface area contributed by atoms with E-state index in [2.05, 4.69) is 0 Å². The molecule has 0 aliphatic heterocycles. The maximum absolute atomic E-state index is 13.5. The lowest BCUT2D eigenvalue weighted by molar-refractivity contribution is -0.148. The van der Waals surface area contributed by atoms with Crippen molar-refractivity contribution in [3.63, 3.8) is 0 Å². The van der Waals surface area contributed by atoms with Crippen molar-refractivity contribution in [2.75, 3.05) is 0 Å². The van der Waals surface area contributed by atoms with Gasteiger partial charge in [0.2, 0.25) is 0 Å². The maximum Gasteiger partial charge on any atom is 0.391 e. The Morgan fingerprint density at radius 1 is 1.29 bits per heavy atom. The van der Waals surface area contributed by atoms with Crippen LogP contribution in [0.4, 0.5) is 17.6 Å². The van der Waals surface area contributed by atoms with E-state index in [-0.39, 0.29) is 0 Å². The number of carboxylic acid groups (broad SMARTS) is 2. The summed E-state index contributed by atoms with van der Waals surface area (Å²) in [5.74, 6) is -3.77. The van der Waals surface area contributed by atoms with Crippen LogP contribution in [0, 0.1) is 11.3 Å². The van der Waals surface area contributed by atoms with Gasteiger partial charge in [-0.15, -0.1) is 0 Å². The summed E-state index contributed by atoms with van der Waals surface area (Å²) in [5.41, 5.74) is -2.32. The predicted molar refractivity (Wildman–Crippen MR) is 64.3 cm³/mol. The first-order chi connectivity index (χ1) is 9.50. The fourth-order valence-corrected chi connectivity index (χ4v) is 1.61. The standard InChI is InChI=1S/C9H9FO4.C4H5F3/c1-9(8(13)14)4-2-3-5(6(9)10)7(11)12;5-4(6,7)3-1-2-3/h2-4,6H,1H3,(H,11,12)(H,13,14);3H,1-2H2. The van der Waals surface area contributed by atoms with Crippen molar-refractivity contribution in [1.29, 1.82) is 0 Å². The average molecular weight is 310 g/mol. The van der Waals surface area contributed by atoms with Crippen LogP contribution < -0.4 is 0 Å². The van der Waals surface area contributed by atoms with Crippen molar-refractivity contribution >= 4 is 11.9 Å². The van der Waals surface area contributed by atoms with Gasteiger partial charge in [0.1, 0.15) is 5.41 Å². The molecule has 0 aromatic carbocycles. The van der Waals surface area contributed by atoms with Crippen molar-refractivity contribution in [2.45, 2.75) is 32.1 Å². The van der Waals surface area contributed by atoms with Crippen molar-refractivity contribution < 1.29 is 37.4 Å². The van der Waals surface area contributed by atoms with Gasteiger partial charge in [-0.3, -0.25) is 4.79 Å². The van der Waals surface area contributed by atoms with Gasteiger partial charge in [-0.1, -0.05) is 12.2 Å². The summed E-state index contributed by atoms with van der Waals surface area (Å²) in [6, 6.07) is 0. The second kappa shape index (κ2) is 5.87. The van der Waals surface area contributed by atoms with E-state index >= 15 is 0 Å². The summed E-state index contributed by atoms with van der Waals surface area (Å²) < 4.78 is 47.2. The third kappa shape index (κ3) is 4.05. The Morgan fingerprint density at radius 2 is 1.81 bits per heavy atom. The first kappa shape index (κ1) is 17.2. The van der Waals surface area contributed by atoms with Gasteiger partial charge in [0.05, 0.1) is 11.5 Å². The molecule has 2 unspecified atom stereocenters. The molecule has 2 atom stereocenters. The number of hydrogen-bond donors (Lipinski definition) is 2. The number of allylic oxidation sites excluding steroid dienone is 2. The zero-order valence-electron chi connectivity index (χ0n) is 11.0. The number of carbonyl (C=O) groups is 2. The first-order valence-corrected chi connectivity index (χ1v) is 6.07. The largest absolute Gasteiger partial charge is 0.481 e. The van der Waals surface area contributed by atoms with Gasteiger partial charge in [-0.25, -0.2) is 9.18 Å². The van der Waals surface area contributed by atoms with Crippen LogP contribution in [0.1, 0.15) is 19.8 Å². The van der Waals surface area contributed by atoms with E-state index in [0.29, 0.717) is 12.8 Å². The summed E-state index contributed by atoms with van der Waals surface area (Å²) in [7, 11) is 0. The molecule has 0 saturated heterocycles. The Hall–Kier alpha value is -1.86. The van der Waals surface area contributed by atoms with Crippen LogP contribution in [0.3, 0.4) is 0 Å². The lowest BCUT2D eigenvalue weighted by Crippen LogP contribution is -2.39. The molecule has 2 aliphatic carbocycles. The van der Waals surface area contributed by atoms with Crippen molar-refractivity contribution in [2.24, 2.45) is 11.3 Å². The Kier molecular flexibility index (Phi) is 4.80. The lowest BCUT2D eigenvalue weighted by Gasteiger charge is -2.27. The molecule has 8 heteroatoms. The molecule has 0 amide bonds. The molecule has 21 heavy (non-hydrogen) atoms. The number of halogens is 4. The molecule has 0 spiro atoms. The summed E-state index contributed by atoms with van der Waals surface area (Å²) in [4.78, 5) is 21.3. The smallest absolute Gasteiger partial charge is 0.391 e. The fraction of sp³-hybridized carbons (Fsp3) is 0.538. The van der Waals surface area contributed by atoms with Crippen molar-refractivity contribution in [1.82, 2.24) is 0 Å². The van der Waals surface area contributed by atoms with E-state index in [0.717, 1.165) is 19.1 Å². The maximum atomic E-state index is 13.5. The molecule has 1 fully saturated rings. The summed E-state index contributed by atoms with van der Waals surface area (Å²) in [5, 5.41) is 17.3. The monoisotopic (exact) mass is 310 g/mol. The van der Waals surface area contributed by atoms with E-state index in [1.807, 2.05) is 0 Å². The fourth-order valence-electron chi connectivity index (χ4n) is 1.61. The molecule has 4 nitrogen and oxygen atoms in total. The van der Waals surface area contributed by atoms with Gasteiger partial charge in [-0.2, -0.15) is 13.2 Å². The topological polar surface area (TPSA) is 74.6 Å². The molecule has 2 rings (SSSR count). The molecule has 1 saturated carbocycles. The van der Waals surface area contributed by atoms with Gasteiger partial charge in [0.25, 0.3) is 0 Å². The molecule has 2 aliphatic rings. The molecule has 118 valence electrons. The van der Waals surface area contributed by atoms with Crippen molar-refractivity contribution in [3.8, 4) is 0 Å². The van der Waals surface area contributed by atoms with Crippen LogP contribution >= 0.6 is 0 Å². The third-order valence-electron chi connectivity index (χ3n) is 3.27. The minimum atomic E-state index is -3.89. The molecule has 0 radical (unpaired) electrons. The zero-order chi connectivity index (χ0) is 16.4. The number of aliphatic carboxylic acids is 2. The van der Waals surface area contributed by atoms with E-state index < -0.39 is 41.2 Å². The van der Waals surface area contributed by atoms with Gasteiger partial charge in [0.15, 0.2) is 6.17 Å².